The van der Waals surface area contributed by atoms with Gasteiger partial charge >= 0.3 is 18.1 Å². The second kappa shape index (κ2) is 4.01. The number of hydrogen-bond acceptors (Lipinski definition) is 2. The van der Waals surface area contributed by atoms with Gasteiger partial charge in [-0.15, -0.1) is 0 Å². The highest BCUT2D eigenvalue weighted by Gasteiger charge is 2.64. The second-order valence-electron chi connectivity index (χ2n) is 2.06. The normalized spacial score (nSPS) is 13.1. The molecule has 0 heterocycles. The minimum Gasteiger partial charge on any atom is -0.455 e. The Labute approximate surface area is 72.6 Å². The first-order valence-corrected chi connectivity index (χ1v) is 2.99. The summed E-state index contributed by atoms with van der Waals surface area (Å²) in [5.74, 6) is -8.80. The van der Waals surface area contributed by atoms with E-state index < -0.39 is 31.1 Å². The fourth-order valence-corrected chi connectivity index (χ4v) is 0.345. The Morgan fingerprint density at radius 1 is 1.14 bits per heavy atom. The van der Waals surface area contributed by atoms with Gasteiger partial charge in [-0.25, -0.2) is 13.6 Å². The number of carbonyl (C=O) groups is 1. The molecule has 0 amide bonds. The van der Waals surface area contributed by atoms with Crippen LogP contribution in [0.15, 0.2) is 0 Å². The zero-order chi connectivity index (χ0) is 11.6. The Balaban J connectivity index is 4.38. The van der Waals surface area contributed by atoms with E-state index in [1.54, 1.807) is 0 Å². The standard InChI is InChI=1S/C5H3F7O2/c6-2(7)1-14-3(13)4(8,9)5(10,11)12/h2H,1H2. The average Bonchev–Trinajstić information content (AvgIpc) is 1.97. The molecule has 0 aliphatic heterocycles. The van der Waals surface area contributed by atoms with E-state index in [0.717, 1.165) is 0 Å². The smallest absolute Gasteiger partial charge is 0.455 e. The monoisotopic (exact) mass is 228 g/mol. The molecule has 14 heavy (non-hydrogen) atoms. The molecule has 0 fully saturated rings. The number of alkyl halides is 7. The summed E-state index contributed by atoms with van der Waals surface area (Å²) in [7, 11) is 0. The van der Waals surface area contributed by atoms with Crippen LogP contribution in [0.5, 0.6) is 0 Å². The van der Waals surface area contributed by atoms with Crippen molar-refractivity contribution in [2.24, 2.45) is 0 Å². The highest BCUT2D eigenvalue weighted by Crippen LogP contribution is 2.36. The van der Waals surface area contributed by atoms with Crippen LogP contribution in [-0.4, -0.2) is 31.1 Å². The lowest BCUT2D eigenvalue weighted by Crippen LogP contribution is -2.45. The third-order valence-electron chi connectivity index (χ3n) is 0.953. The maximum atomic E-state index is 11.9. The van der Waals surface area contributed by atoms with Gasteiger partial charge in [-0.3, -0.25) is 0 Å². The van der Waals surface area contributed by atoms with Crippen LogP contribution in [0, 0.1) is 0 Å². The van der Waals surface area contributed by atoms with Gasteiger partial charge in [0.15, 0.2) is 6.61 Å². The summed E-state index contributed by atoms with van der Waals surface area (Å²) >= 11 is 0. The Morgan fingerprint density at radius 2 is 1.57 bits per heavy atom. The lowest BCUT2D eigenvalue weighted by molar-refractivity contribution is -0.281. The van der Waals surface area contributed by atoms with Crippen molar-refractivity contribution in [3.8, 4) is 0 Å². The van der Waals surface area contributed by atoms with Crippen LogP contribution in [0.25, 0.3) is 0 Å². The number of esters is 1. The molecule has 0 aliphatic carbocycles. The molecular weight excluding hydrogens is 225 g/mol. The Hall–Kier alpha value is -1.02. The van der Waals surface area contributed by atoms with E-state index in [4.69, 9.17) is 0 Å². The van der Waals surface area contributed by atoms with Crippen molar-refractivity contribution in [3.63, 3.8) is 0 Å². The predicted octanol–water partition coefficient (Wildman–Crippen LogP) is 1.99. The zero-order valence-electron chi connectivity index (χ0n) is 6.25. The molecule has 0 N–H and O–H groups in total. The van der Waals surface area contributed by atoms with E-state index in [1.165, 1.54) is 0 Å². The van der Waals surface area contributed by atoms with Gasteiger partial charge in [0.05, 0.1) is 0 Å². The van der Waals surface area contributed by atoms with E-state index in [-0.39, 0.29) is 0 Å². The summed E-state index contributed by atoms with van der Waals surface area (Å²) in [6.45, 7) is -1.80. The lowest BCUT2D eigenvalue weighted by Gasteiger charge is -2.17. The first kappa shape index (κ1) is 13.0. The molecule has 0 saturated carbocycles. The molecule has 0 spiro atoms. The topological polar surface area (TPSA) is 26.3 Å². The van der Waals surface area contributed by atoms with Gasteiger partial charge in [-0.05, 0) is 0 Å². The molecular formula is C5H3F7O2. The van der Waals surface area contributed by atoms with Crippen molar-refractivity contribution < 1.29 is 40.3 Å². The third-order valence-corrected chi connectivity index (χ3v) is 0.953. The largest absolute Gasteiger partial charge is 0.465 e. The van der Waals surface area contributed by atoms with Crippen LogP contribution < -0.4 is 0 Å². The van der Waals surface area contributed by atoms with E-state index >= 15 is 0 Å². The van der Waals surface area contributed by atoms with Crippen LogP contribution >= 0.6 is 0 Å². The quantitative estimate of drug-likeness (QED) is 0.545. The molecule has 0 aromatic rings. The third kappa shape index (κ3) is 3.04. The first-order chi connectivity index (χ1) is 6.09. The van der Waals surface area contributed by atoms with Gasteiger partial charge in [-0.2, -0.15) is 22.0 Å². The summed E-state index contributed by atoms with van der Waals surface area (Å²) < 4.78 is 83.6. The second-order valence-corrected chi connectivity index (χ2v) is 2.06. The van der Waals surface area contributed by atoms with E-state index in [0.29, 0.717) is 0 Å². The number of carbonyl (C=O) groups excluding carboxylic acids is 1. The summed E-state index contributed by atoms with van der Waals surface area (Å²) in [5.41, 5.74) is 0. The number of hydrogen-bond donors (Lipinski definition) is 0. The van der Waals surface area contributed by atoms with Crippen molar-refractivity contribution in [2.75, 3.05) is 6.61 Å². The van der Waals surface area contributed by atoms with Crippen molar-refractivity contribution in [3.05, 3.63) is 0 Å². The Morgan fingerprint density at radius 3 is 1.86 bits per heavy atom. The summed E-state index contributed by atoms with van der Waals surface area (Å²) in [4.78, 5) is 9.99. The van der Waals surface area contributed by atoms with Crippen LogP contribution in [0.3, 0.4) is 0 Å². The maximum absolute atomic E-state index is 11.9. The van der Waals surface area contributed by atoms with Gasteiger partial charge < -0.3 is 4.74 Å². The van der Waals surface area contributed by atoms with Gasteiger partial charge in [0.2, 0.25) is 0 Å². The fraction of sp³-hybridized carbons (Fsp3) is 0.800. The predicted molar refractivity (Wildman–Crippen MR) is 28.0 cm³/mol. The summed E-state index contributed by atoms with van der Waals surface area (Å²) in [6.07, 6.45) is -9.45. The highest BCUT2D eigenvalue weighted by atomic mass is 19.4. The molecule has 2 nitrogen and oxygen atoms in total. The van der Waals surface area contributed by atoms with Crippen LogP contribution in [0.4, 0.5) is 30.7 Å². The molecule has 0 radical (unpaired) electrons. The first-order valence-electron chi connectivity index (χ1n) is 2.99. The lowest BCUT2D eigenvalue weighted by atomic mass is 10.3. The Bertz CT molecular complexity index is 209. The highest BCUT2D eigenvalue weighted by molar-refractivity contribution is 5.78. The maximum Gasteiger partial charge on any atom is 0.465 e. The summed E-state index contributed by atoms with van der Waals surface area (Å²) in [5, 5.41) is 0. The molecule has 0 atom stereocenters. The zero-order valence-corrected chi connectivity index (χ0v) is 6.25. The van der Waals surface area contributed by atoms with Crippen molar-refractivity contribution in [1.82, 2.24) is 0 Å². The molecule has 9 heteroatoms. The molecule has 0 unspecified atom stereocenters. The van der Waals surface area contributed by atoms with Gasteiger partial charge in [0.1, 0.15) is 0 Å². The summed E-state index contributed by atoms with van der Waals surface area (Å²) in [6, 6.07) is 0. The minimum absolute atomic E-state index is 1.80. The van der Waals surface area contributed by atoms with E-state index in [2.05, 4.69) is 4.74 Å². The SMILES string of the molecule is O=C(OCC(F)F)C(F)(F)C(F)(F)F. The molecule has 84 valence electrons. The van der Waals surface area contributed by atoms with Crippen LogP contribution in [-0.2, 0) is 9.53 Å². The molecule has 0 rings (SSSR count). The van der Waals surface area contributed by atoms with E-state index in [1.807, 2.05) is 0 Å². The van der Waals surface area contributed by atoms with Crippen molar-refractivity contribution in [2.45, 2.75) is 18.5 Å². The molecule has 0 saturated heterocycles. The Kier molecular flexibility index (Phi) is 3.72. The van der Waals surface area contributed by atoms with E-state index in [9.17, 15) is 35.5 Å². The number of halogens is 7. The fourth-order valence-electron chi connectivity index (χ4n) is 0.345. The van der Waals surface area contributed by atoms with Gasteiger partial charge in [0, 0.05) is 0 Å². The van der Waals surface area contributed by atoms with Crippen LogP contribution in [0.1, 0.15) is 0 Å². The number of ether oxygens (including phenoxy) is 1. The van der Waals surface area contributed by atoms with Gasteiger partial charge in [0.25, 0.3) is 6.43 Å². The van der Waals surface area contributed by atoms with Crippen molar-refractivity contribution in [1.29, 1.82) is 0 Å². The van der Waals surface area contributed by atoms with Crippen LogP contribution in [0.2, 0.25) is 0 Å². The minimum atomic E-state index is -6.15. The number of rotatable bonds is 3. The average molecular weight is 228 g/mol. The molecule has 0 aliphatic rings. The molecule has 0 aromatic carbocycles. The molecule has 0 aromatic heterocycles. The molecule has 0 bridgehead atoms. The van der Waals surface area contributed by atoms with Gasteiger partial charge in [-0.1, -0.05) is 0 Å². The van der Waals surface area contributed by atoms with Crippen molar-refractivity contribution >= 4 is 5.97 Å².